The van der Waals surface area contributed by atoms with Crippen molar-refractivity contribution in [1.82, 2.24) is 10.8 Å². The van der Waals surface area contributed by atoms with Crippen LogP contribution in [0.2, 0.25) is 0 Å². The standard InChI is InChI=1S/C16H28N2O3/c19-14(5-3-1-2-4-6-15(20)18-21)17-16-10-7-13(8-11-16)9-12-16/h13,21H,1-12H2,(H,17,19)(H,18,20). The maximum atomic E-state index is 12.1. The van der Waals surface area contributed by atoms with Crippen LogP contribution in [-0.4, -0.2) is 22.6 Å². The van der Waals surface area contributed by atoms with E-state index in [1.54, 1.807) is 5.48 Å². The summed E-state index contributed by atoms with van der Waals surface area (Å²) >= 11 is 0. The lowest BCUT2D eigenvalue weighted by Gasteiger charge is -2.47. The molecule has 0 aromatic heterocycles. The Morgan fingerprint density at radius 1 is 0.905 bits per heavy atom. The van der Waals surface area contributed by atoms with E-state index < -0.39 is 0 Å². The van der Waals surface area contributed by atoms with Gasteiger partial charge >= 0.3 is 0 Å². The van der Waals surface area contributed by atoms with Crippen molar-refractivity contribution in [3.63, 3.8) is 0 Å². The van der Waals surface area contributed by atoms with Crippen LogP contribution in [0.15, 0.2) is 0 Å². The first-order chi connectivity index (χ1) is 10.1. The van der Waals surface area contributed by atoms with Gasteiger partial charge in [0.2, 0.25) is 11.8 Å². The fourth-order valence-corrected chi connectivity index (χ4v) is 3.78. The second-order valence-electron chi connectivity index (χ2n) is 6.76. The number of hydroxylamine groups is 1. The molecule has 120 valence electrons. The van der Waals surface area contributed by atoms with Gasteiger partial charge in [-0.25, -0.2) is 5.48 Å². The average Bonchev–Trinajstić information content (AvgIpc) is 2.51. The molecule has 0 unspecified atom stereocenters. The first-order valence-electron chi connectivity index (χ1n) is 8.37. The zero-order valence-electron chi connectivity index (χ0n) is 12.8. The molecule has 0 saturated heterocycles. The van der Waals surface area contributed by atoms with Crippen molar-refractivity contribution >= 4 is 11.8 Å². The molecule has 0 spiro atoms. The van der Waals surface area contributed by atoms with E-state index in [1.165, 1.54) is 38.5 Å². The third-order valence-electron chi connectivity index (χ3n) is 5.18. The highest BCUT2D eigenvalue weighted by Crippen LogP contribution is 2.44. The zero-order valence-corrected chi connectivity index (χ0v) is 12.8. The van der Waals surface area contributed by atoms with Gasteiger partial charge in [0.15, 0.2) is 0 Å². The number of carbonyl (C=O) groups excluding carboxylic acids is 2. The number of fused-ring (bicyclic) bond motifs is 3. The van der Waals surface area contributed by atoms with Gasteiger partial charge in [-0.15, -0.1) is 0 Å². The zero-order chi connectivity index (χ0) is 15.1. The van der Waals surface area contributed by atoms with Crippen LogP contribution in [0.3, 0.4) is 0 Å². The van der Waals surface area contributed by atoms with Crippen LogP contribution in [-0.2, 0) is 9.59 Å². The second kappa shape index (κ2) is 7.78. The van der Waals surface area contributed by atoms with Crippen LogP contribution in [0.5, 0.6) is 0 Å². The summed E-state index contributed by atoms with van der Waals surface area (Å²) in [6, 6.07) is 0. The van der Waals surface area contributed by atoms with Gasteiger partial charge in [-0.3, -0.25) is 14.8 Å². The summed E-state index contributed by atoms with van der Waals surface area (Å²) in [5, 5.41) is 11.7. The SMILES string of the molecule is O=C(CCCCCCC(=O)NC12CCC(CC1)CC2)NO. The van der Waals surface area contributed by atoms with Gasteiger partial charge < -0.3 is 5.32 Å². The first kappa shape index (κ1) is 16.3. The minimum Gasteiger partial charge on any atom is -0.351 e. The normalized spacial score (nSPS) is 27.4. The molecule has 2 bridgehead atoms. The van der Waals surface area contributed by atoms with Crippen molar-refractivity contribution in [3.8, 4) is 0 Å². The molecule has 3 aliphatic rings. The molecule has 0 aromatic carbocycles. The van der Waals surface area contributed by atoms with E-state index in [-0.39, 0.29) is 17.4 Å². The molecule has 3 fully saturated rings. The van der Waals surface area contributed by atoms with Crippen LogP contribution in [0.1, 0.15) is 77.0 Å². The number of unbranched alkanes of at least 4 members (excludes halogenated alkanes) is 3. The van der Waals surface area contributed by atoms with Gasteiger partial charge in [0.25, 0.3) is 0 Å². The molecule has 3 rings (SSSR count). The van der Waals surface area contributed by atoms with Crippen molar-refractivity contribution < 1.29 is 14.8 Å². The molecule has 5 heteroatoms. The summed E-state index contributed by atoms with van der Waals surface area (Å²) in [7, 11) is 0. The van der Waals surface area contributed by atoms with E-state index >= 15 is 0 Å². The van der Waals surface area contributed by atoms with Gasteiger partial charge in [-0.1, -0.05) is 12.8 Å². The van der Waals surface area contributed by atoms with Gasteiger partial charge in [-0.05, 0) is 57.3 Å². The molecule has 3 N–H and O–H groups in total. The largest absolute Gasteiger partial charge is 0.351 e. The Morgan fingerprint density at radius 2 is 1.43 bits per heavy atom. The van der Waals surface area contributed by atoms with Crippen molar-refractivity contribution in [2.75, 3.05) is 0 Å². The van der Waals surface area contributed by atoms with Crippen LogP contribution >= 0.6 is 0 Å². The first-order valence-corrected chi connectivity index (χ1v) is 8.37. The molecular formula is C16H28N2O3. The van der Waals surface area contributed by atoms with Gasteiger partial charge in [0.05, 0.1) is 0 Å². The minimum atomic E-state index is -0.334. The highest BCUT2D eigenvalue weighted by Gasteiger charge is 2.40. The average molecular weight is 296 g/mol. The Labute approximate surface area is 126 Å². The summed E-state index contributed by atoms with van der Waals surface area (Å²) in [6.07, 6.45) is 11.8. The lowest BCUT2D eigenvalue weighted by Crippen LogP contribution is -2.53. The number of hydrogen-bond acceptors (Lipinski definition) is 3. The molecule has 5 nitrogen and oxygen atoms in total. The van der Waals surface area contributed by atoms with E-state index in [1.807, 2.05) is 0 Å². The number of carbonyl (C=O) groups is 2. The highest BCUT2D eigenvalue weighted by atomic mass is 16.5. The Bertz CT molecular complexity index is 349. The summed E-state index contributed by atoms with van der Waals surface area (Å²) < 4.78 is 0. The lowest BCUT2D eigenvalue weighted by atomic mass is 9.66. The predicted molar refractivity (Wildman–Crippen MR) is 79.7 cm³/mol. The predicted octanol–water partition coefficient (Wildman–Crippen LogP) is 2.67. The molecule has 21 heavy (non-hydrogen) atoms. The molecule has 3 aliphatic carbocycles. The van der Waals surface area contributed by atoms with Gasteiger partial charge in [0, 0.05) is 18.4 Å². The van der Waals surface area contributed by atoms with E-state index in [0.29, 0.717) is 12.8 Å². The van der Waals surface area contributed by atoms with Crippen LogP contribution in [0, 0.1) is 5.92 Å². The van der Waals surface area contributed by atoms with E-state index in [2.05, 4.69) is 5.32 Å². The number of amides is 2. The van der Waals surface area contributed by atoms with E-state index in [9.17, 15) is 9.59 Å². The van der Waals surface area contributed by atoms with Gasteiger partial charge in [-0.2, -0.15) is 0 Å². The van der Waals surface area contributed by atoms with Crippen LogP contribution in [0.25, 0.3) is 0 Å². The second-order valence-corrected chi connectivity index (χ2v) is 6.76. The number of nitrogens with one attached hydrogen (secondary N) is 2. The molecule has 2 amide bonds. The van der Waals surface area contributed by atoms with Crippen LogP contribution in [0.4, 0.5) is 0 Å². The van der Waals surface area contributed by atoms with Crippen molar-refractivity contribution in [3.05, 3.63) is 0 Å². The van der Waals surface area contributed by atoms with E-state index in [0.717, 1.165) is 31.6 Å². The Morgan fingerprint density at radius 3 is 1.95 bits per heavy atom. The van der Waals surface area contributed by atoms with Crippen LogP contribution < -0.4 is 10.8 Å². The summed E-state index contributed by atoms with van der Waals surface area (Å²) in [5.74, 6) is 0.781. The summed E-state index contributed by atoms with van der Waals surface area (Å²) in [5.41, 5.74) is 1.75. The smallest absolute Gasteiger partial charge is 0.243 e. The fourth-order valence-electron chi connectivity index (χ4n) is 3.78. The molecule has 0 aromatic rings. The maximum Gasteiger partial charge on any atom is 0.243 e. The third-order valence-corrected chi connectivity index (χ3v) is 5.18. The third kappa shape index (κ3) is 4.99. The lowest BCUT2D eigenvalue weighted by molar-refractivity contribution is -0.129. The summed E-state index contributed by atoms with van der Waals surface area (Å²) in [6.45, 7) is 0. The topological polar surface area (TPSA) is 78.4 Å². The van der Waals surface area contributed by atoms with Crippen molar-refractivity contribution in [2.45, 2.75) is 82.6 Å². The fraction of sp³-hybridized carbons (Fsp3) is 0.875. The molecular weight excluding hydrogens is 268 g/mol. The summed E-state index contributed by atoms with van der Waals surface area (Å²) in [4.78, 5) is 22.9. The molecule has 0 aliphatic heterocycles. The number of hydrogen-bond donors (Lipinski definition) is 3. The molecule has 0 heterocycles. The Kier molecular flexibility index (Phi) is 6.03. The van der Waals surface area contributed by atoms with E-state index in [4.69, 9.17) is 5.21 Å². The highest BCUT2D eigenvalue weighted by molar-refractivity contribution is 5.76. The molecule has 3 saturated carbocycles. The monoisotopic (exact) mass is 296 g/mol. The van der Waals surface area contributed by atoms with Crippen molar-refractivity contribution in [1.29, 1.82) is 0 Å². The Hall–Kier alpha value is -1.10. The Balaban J connectivity index is 1.54. The van der Waals surface area contributed by atoms with Crippen molar-refractivity contribution in [2.24, 2.45) is 5.92 Å². The number of rotatable bonds is 8. The molecule has 0 radical (unpaired) electrons. The maximum absolute atomic E-state index is 12.1. The minimum absolute atomic E-state index is 0.116. The molecule has 0 atom stereocenters. The quantitative estimate of drug-likeness (QED) is 0.366. The van der Waals surface area contributed by atoms with Gasteiger partial charge in [0.1, 0.15) is 0 Å².